The third-order valence-electron chi connectivity index (χ3n) is 2.94. The lowest BCUT2D eigenvalue weighted by atomic mass is 9.96. The fourth-order valence-electron chi connectivity index (χ4n) is 1.87. The second kappa shape index (κ2) is 7.90. The van der Waals surface area contributed by atoms with E-state index in [-0.39, 0.29) is 12.9 Å². The van der Waals surface area contributed by atoms with E-state index in [4.69, 9.17) is 9.47 Å². The molecule has 0 aliphatic rings. The van der Waals surface area contributed by atoms with E-state index in [2.05, 4.69) is 11.4 Å². The molecule has 0 heterocycles. The van der Waals surface area contributed by atoms with Gasteiger partial charge in [-0.3, -0.25) is 5.32 Å². The van der Waals surface area contributed by atoms with Crippen LogP contribution in [0, 0.1) is 11.3 Å². The average molecular weight is 262 g/mol. The Labute approximate surface area is 115 Å². The summed E-state index contributed by atoms with van der Waals surface area (Å²) in [6.45, 7) is 4.75. The molecule has 1 aromatic rings. The quantitative estimate of drug-likeness (QED) is 0.731. The van der Waals surface area contributed by atoms with Gasteiger partial charge in [0.2, 0.25) is 0 Å². The summed E-state index contributed by atoms with van der Waals surface area (Å²) in [5, 5.41) is 12.6. The van der Waals surface area contributed by atoms with Crippen LogP contribution in [0.25, 0.3) is 0 Å². The predicted octanol–water partition coefficient (Wildman–Crippen LogP) is 2.46. The van der Waals surface area contributed by atoms with Gasteiger partial charge in [-0.15, -0.1) is 0 Å². The molecule has 0 saturated heterocycles. The van der Waals surface area contributed by atoms with Crippen molar-refractivity contribution in [2.45, 2.75) is 38.5 Å². The van der Waals surface area contributed by atoms with Crippen molar-refractivity contribution in [1.29, 1.82) is 5.26 Å². The number of nitrogens with zero attached hydrogens (tertiary/aromatic N) is 1. The fourth-order valence-corrected chi connectivity index (χ4v) is 1.87. The highest BCUT2D eigenvalue weighted by Gasteiger charge is 2.26. The largest absolute Gasteiger partial charge is 0.359 e. The van der Waals surface area contributed by atoms with Crippen LogP contribution in [0.2, 0.25) is 0 Å². The van der Waals surface area contributed by atoms with Gasteiger partial charge in [-0.1, -0.05) is 30.3 Å². The number of nitriles is 1. The topological polar surface area (TPSA) is 54.3 Å². The van der Waals surface area contributed by atoms with Crippen LogP contribution in [0.1, 0.15) is 25.8 Å². The van der Waals surface area contributed by atoms with Gasteiger partial charge in [-0.05, 0) is 19.4 Å². The van der Waals surface area contributed by atoms with Crippen molar-refractivity contribution >= 4 is 0 Å². The highest BCUT2D eigenvalue weighted by Crippen LogP contribution is 2.15. The molecule has 0 aromatic heterocycles. The predicted molar refractivity (Wildman–Crippen MR) is 74.3 cm³/mol. The Hall–Kier alpha value is -1.41. The van der Waals surface area contributed by atoms with Crippen molar-refractivity contribution in [3.05, 3.63) is 35.9 Å². The van der Waals surface area contributed by atoms with E-state index in [0.717, 1.165) is 5.56 Å². The van der Waals surface area contributed by atoms with Crippen LogP contribution < -0.4 is 5.32 Å². The minimum atomic E-state index is -0.608. The van der Waals surface area contributed by atoms with Crippen LogP contribution in [0.3, 0.4) is 0 Å². The van der Waals surface area contributed by atoms with Gasteiger partial charge in [0.1, 0.15) is 12.3 Å². The number of ether oxygens (including phenoxy) is 2. The zero-order chi connectivity index (χ0) is 14.1. The Morgan fingerprint density at radius 1 is 1.37 bits per heavy atom. The summed E-state index contributed by atoms with van der Waals surface area (Å²) in [6, 6.07) is 12.4. The van der Waals surface area contributed by atoms with Crippen molar-refractivity contribution in [2.24, 2.45) is 0 Å². The van der Waals surface area contributed by atoms with Crippen LogP contribution >= 0.6 is 0 Å². The summed E-state index contributed by atoms with van der Waals surface area (Å²) < 4.78 is 10.3. The van der Waals surface area contributed by atoms with Crippen molar-refractivity contribution < 1.29 is 9.47 Å². The summed E-state index contributed by atoms with van der Waals surface area (Å²) in [6.07, 6.45) is 0.576. The van der Waals surface area contributed by atoms with Crippen LogP contribution in [0.5, 0.6) is 0 Å². The molecule has 19 heavy (non-hydrogen) atoms. The minimum Gasteiger partial charge on any atom is -0.359 e. The van der Waals surface area contributed by atoms with Crippen molar-refractivity contribution in [3.8, 4) is 6.07 Å². The molecule has 4 heteroatoms. The summed E-state index contributed by atoms with van der Waals surface area (Å²) >= 11 is 0. The number of benzene rings is 1. The lowest BCUT2D eigenvalue weighted by Gasteiger charge is -2.26. The van der Waals surface area contributed by atoms with E-state index in [9.17, 15) is 5.26 Å². The molecule has 0 unspecified atom stereocenters. The molecule has 0 radical (unpaired) electrons. The van der Waals surface area contributed by atoms with E-state index in [1.165, 1.54) is 0 Å². The normalized spacial score (nSPS) is 15.5. The third kappa shape index (κ3) is 5.84. The lowest BCUT2D eigenvalue weighted by Crippen LogP contribution is -2.43. The number of rotatable bonds is 8. The zero-order valence-electron chi connectivity index (χ0n) is 11.8. The molecule has 0 saturated carbocycles. The first-order chi connectivity index (χ1) is 9.09. The van der Waals surface area contributed by atoms with Gasteiger partial charge in [0.15, 0.2) is 0 Å². The number of methoxy groups -OCH3 is 1. The molecule has 1 N–H and O–H groups in total. The molecule has 0 amide bonds. The molecule has 0 aliphatic carbocycles. The van der Waals surface area contributed by atoms with Crippen LogP contribution in [0.4, 0.5) is 0 Å². The second-order valence-corrected chi connectivity index (χ2v) is 4.87. The maximum absolute atomic E-state index is 9.34. The summed E-state index contributed by atoms with van der Waals surface area (Å²) in [5.41, 5.74) is 0.553. The third-order valence-corrected chi connectivity index (χ3v) is 2.94. The molecule has 0 spiro atoms. The molecule has 4 nitrogen and oxygen atoms in total. The van der Waals surface area contributed by atoms with E-state index in [1.54, 1.807) is 7.11 Å². The highest BCUT2D eigenvalue weighted by atomic mass is 16.7. The first kappa shape index (κ1) is 15.6. The van der Waals surface area contributed by atoms with Crippen molar-refractivity contribution in [2.75, 3.05) is 13.9 Å². The fraction of sp³-hybridized carbons (Fsp3) is 0.533. The molecule has 0 aliphatic heterocycles. The Kier molecular flexibility index (Phi) is 6.51. The Morgan fingerprint density at radius 2 is 2.05 bits per heavy atom. The number of hydrogen-bond donors (Lipinski definition) is 1. The molecular weight excluding hydrogens is 240 g/mol. The molecule has 2 atom stereocenters. The van der Waals surface area contributed by atoms with Gasteiger partial charge in [0.05, 0.1) is 12.2 Å². The monoisotopic (exact) mass is 262 g/mol. The summed E-state index contributed by atoms with van der Waals surface area (Å²) in [7, 11) is 1.59. The highest BCUT2D eigenvalue weighted by molar-refractivity contribution is 5.16. The molecule has 0 fully saturated rings. The minimum absolute atomic E-state index is 0.0344. The van der Waals surface area contributed by atoms with Gasteiger partial charge >= 0.3 is 0 Å². The van der Waals surface area contributed by atoms with Crippen molar-refractivity contribution in [1.82, 2.24) is 5.32 Å². The van der Waals surface area contributed by atoms with Crippen LogP contribution in [0.15, 0.2) is 30.3 Å². The first-order valence-corrected chi connectivity index (χ1v) is 6.40. The molecule has 1 rings (SSSR count). The maximum Gasteiger partial charge on any atom is 0.146 e. The van der Waals surface area contributed by atoms with Gasteiger partial charge in [0, 0.05) is 20.1 Å². The van der Waals surface area contributed by atoms with E-state index in [1.807, 2.05) is 44.2 Å². The molecule has 0 bridgehead atoms. The second-order valence-electron chi connectivity index (χ2n) is 4.87. The van der Waals surface area contributed by atoms with Gasteiger partial charge < -0.3 is 9.47 Å². The zero-order valence-corrected chi connectivity index (χ0v) is 11.8. The summed E-state index contributed by atoms with van der Waals surface area (Å²) in [5.74, 6) is 0. The number of hydrogen-bond acceptors (Lipinski definition) is 4. The van der Waals surface area contributed by atoms with E-state index >= 15 is 0 Å². The van der Waals surface area contributed by atoms with Gasteiger partial charge in [0.25, 0.3) is 0 Å². The average Bonchev–Trinajstić information content (AvgIpc) is 2.44. The Bertz CT molecular complexity index is 402. The lowest BCUT2D eigenvalue weighted by molar-refractivity contribution is -0.0718. The molecular formula is C15H22N2O2. The van der Waals surface area contributed by atoms with Crippen LogP contribution in [-0.4, -0.2) is 25.5 Å². The maximum atomic E-state index is 9.34. The van der Waals surface area contributed by atoms with Gasteiger partial charge in [-0.2, -0.15) is 5.26 Å². The van der Waals surface area contributed by atoms with Gasteiger partial charge in [-0.25, -0.2) is 0 Å². The van der Waals surface area contributed by atoms with Crippen LogP contribution in [-0.2, 0) is 16.0 Å². The standard InChI is InChI=1S/C15H22N2O2/c1-13(19-12-18-3)9-15(2,11-16)17-10-14-7-5-4-6-8-14/h4-8,13,17H,9-10,12H2,1-3H3/t13-,15-/m1/s1. The van der Waals surface area contributed by atoms with E-state index < -0.39 is 5.54 Å². The molecule has 1 aromatic carbocycles. The Balaban J connectivity index is 2.49. The SMILES string of the molecule is COCO[C@H](C)C[C@](C)(C#N)NCc1ccccc1. The van der Waals surface area contributed by atoms with Crippen molar-refractivity contribution in [3.63, 3.8) is 0 Å². The molecule has 104 valence electrons. The first-order valence-electron chi connectivity index (χ1n) is 6.40. The smallest absolute Gasteiger partial charge is 0.146 e. The van der Waals surface area contributed by atoms with E-state index in [0.29, 0.717) is 13.0 Å². The summed E-state index contributed by atoms with van der Waals surface area (Å²) in [4.78, 5) is 0. The number of nitrogens with one attached hydrogen (secondary N) is 1. The Morgan fingerprint density at radius 3 is 2.63 bits per heavy atom.